The zero-order valence-electron chi connectivity index (χ0n) is 21.2. The Balaban J connectivity index is 1.47. The lowest BCUT2D eigenvalue weighted by Gasteiger charge is -2.23. The fourth-order valence-corrected chi connectivity index (χ4v) is 4.80. The van der Waals surface area contributed by atoms with Crippen LogP contribution < -0.4 is 5.32 Å². The van der Waals surface area contributed by atoms with Gasteiger partial charge in [-0.2, -0.15) is 0 Å². The van der Waals surface area contributed by atoms with E-state index in [0.717, 1.165) is 34.4 Å². The average molecular weight is 477 g/mol. The molecule has 0 fully saturated rings. The monoisotopic (exact) mass is 476 g/mol. The van der Waals surface area contributed by atoms with E-state index in [4.69, 9.17) is 0 Å². The number of rotatable bonds is 8. The quantitative estimate of drug-likeness (QED) is 0.541. The minimum atomic E-state index is -0.207. The number of nitrogens with zero attached hydrogens (tertiary/aromatic N) is 5. The molecule has 0 spiro atoms. The van der Waals surface area contributed by atoms with E-state index in [-0.39, 0.29) is 17.9 Å². The molecule has 1 aromatic heterocycles. The van der Waals surface area contributed by atoms with Crippen molar-refractivity contribution in [2.24, 2.45) is 5.92 Å². The van der Waals surface area contributed by atoms with Crippen LogP contribution in [-0.2, 0) is 29.0 Å². The number of amides is 2. The van der Waals surface area contributed by atoms with Crippen molar-refractivity contribution in [3.05, 3.63) is 59.7 Å². The average Bonchev–Trinajstić information content (AvgIpc) is 3.09. The zero-order valence-corrected chi connectivity index (χ0v) is 21.2. The SMILES string of the molecule is CC(C)C[C@@H](NC(=O)CN(C)C)c1nnc2n1CCN(C(=O)Cc1cccc3ccccc13)CC2. The largest absolute Gasteiger partial charge is 0.345 e. The Morgan fingerprint density at radius 1 is 1.03 bits per heavy atom. The molecule has 35 heavy (non-hydrogen) atoms. The molecule has 1 aliphatic rings. The van der Waals surface area contributed by atoms with Gasteiger partial charge in [-0.1, -0.05) is 56.3 Å². The Morgan fingerprint density at radius 2 is 1.80 bits per heavy atom. The number of fused-ring (bicyclic) bond motifs is 2. The maximum atomic E-state index is 13.3. The van der Waals surface area contributed by atoms with Gasteiger partial charge in [-0.15, -0.1) is 10.2 Å². The molecule has 3 aromatic rings. The predicted octanol–water partition coefficient (Wildman–Crippen LogP) is 2.82. The molecule has 0 unspecified atom stereocenters. The predicted molar refractivity (Wildman–Crippen MR) is 137 cm³/mol. The first-order chi connectivity index (χ1) is 16.8. The summed E-state index contributed by atoms with van der Waals surface area (Å²) in [4.78, 5) is 29.6. The van der Waals surface area contributed by atoms with Gasteiger partial charge in [0.05, 0.1) is 19.0 Å². The van der Waals surface area contributed by atoms with E-state index in [1.807, 2.05) is 48.2 Å². The summed E-state index contributed by atoms with van der Waals surface area (Å²) in [6.07, 6.45) is 1.81. The Bertz CT molecular complexity index is 1180. The normalized spacial score (nSPS) is 14.7. The fourth-order valence-electron chi connectivity index (χ4n) is 4.80. The van der Waals surface area contributed by atoms with Gasteiger partial charge in [0, 0.05) is 26.1 Å². The van der Waals surface area contributed by atoms with E-state index in [1.165, 1.54) is 0 Å². The molecule has 2 heterocycles. The number of aromatic nitrogens is 3. The molecule has 1 atom stereocenters. The number of carbonyl (C=O) groups is 2. The van der Waals surface area contributed by atoms with Crippen molar-refractivity contribution in [2.45, 2.75) is 45.7 Å². The second-order valence-corrected chi connectivity index (χ2v) is 10.1. The molecule has 8 heteroatoms. The van der Waals surface area contributed by atoms with Crippen LogP contribution in [0.3, 0.4) is 0 Å². The summed E-state index contributed by atoms with van der Waals surface area (Å²) < 4.78 is 2.11. The molecular formula is C27H36N6O2. The highest BCUT2D eigenvalue weighted by Crippen LogP contribution is 2.23. The van der Waals surface area contributed by atoms with E-state index in [9.17, 15) is 9.59 Å². The molecule has 1 aliphatic heterocycles. The first kappa shape index (κ1) is 24.9. The van der Waals surface area contributed by atoms with E-state index >= 15 is 0 Å². The number of nitrogens with one attached hydrogen (secondary N) is 1. The van der Waals surface area contributed by atoms with Gasteiger partial charge in [0.1, 0.15) is 5.82 Å². The van der Waals surface area contributed by atoms with Gasteiger partial charge >= 0.3 is 0 Å². The third-order valence-corrected chi connectivity index (χ3v) is 6.44. The van der Waals surface area contributed by atoms with Crippen LogP contribution in [-0.4, -0.2) is 70.1 Å². The van der Waals surface area contributed by atoms with Gasteiger partial charge in [0.15, 0.2) is 5.82 Å². The Morgan fingerprint density at radius 3 is 2.57 bits per heavy atom. The van der Waals surface area contributed by atoms with Crippen LogP contribution in [0.4, 0.5) is 0 Å². The van der Waals surface area contributed by atoms with E-state index < -0.39 is 0 Å². The lowest BCUT2D eigenvalue weighted by molar-refractivity contribution is -0.130. The molecule has 0 aliphatic carbocycles. The van der Waals surface area contributed by atoms with Gasteiger partial charge < -0.3 is 19.7 Å². The van der Waals surface area contributed by atoms with Crippen molar-refractivity contribution >= 4 is 22.6 Å². The fraction of sp³-hybridized carbons (Fsp3) is 0.481. The summed E-state index contributed by atoms with van der Waals surface area (Å²) >= 11 is 0. The van der Waals surface area contributed by atoms with Crippen LogP contribution in [0, 0.1) is 5.92 Å². The number of likely N-dealkylation sites (N-methyl/N-ethyl adjacent to an activating group) is 1. The number of benzene rings is 2. The second-order valence-electron chi connectivity index (χ2n) is 10.1. The van der Waals surface area contributed by atoms with Crippen LogP contribution >= 0.6 is 0 Å². The molecular weight excluding hydrogens is 440 g/mol. The van der Waals surface area contributed by atoms with Crippen molar-refractivity contribution in [1.29, 1.82) is 0 Å². The van der Waals surface area contributed by atoms with Gasteiger partial charge in [-0.25, -0.2) is 0 Å². The first-order valence-electron chi connectivity index (χ1n) is 12.4. The Hall–Kier alpha value is -3.26. The van der Waals surface area contributed by atoms with Crippen molar-refractivity contribution in [1.82, 2.24) is 29.9 Å². The molecule has 4 rings (SSSR count). The molecule has 0 bridgehead atoms. The maximum absolute atomic E-state index is 13.3. The van der Waals surface area contributed by atoms with Gasteiger partial charge in [0.25, 0.3) is 0 Å². The van der Waals surface area contributed by atoms with Crippen molar-refractivity contribution < 1.29 is 9.59 Å². The molecule has 8 nitrogen and oxygen atoms in total. The lowest BCUT2D eigenvalue weighted by atomic mass is 10.0. The smallest absolute Gasteiger partial charge is 0.234 e. The summed E-state index contributed by atoms with van der Waals surface area (Å²) in [6.45, 7) is 6.44. The Kier molecular flexibility index (Phi) is 7.80. The molecule has 2 aromatic carbocycles. The van der Waals surface area contributed by atoms with Crippen molar-refractivity contribution in [3.63, 3.8) is 0 Å². The third kappa shape index (κ3) is 6.06. The number of carbonyl (C=O) groups excluding carboxylic acids is 2. The topological polar surface area (TPSA) is 83.4 Å². The molecule has 186 valence electrons. The van der Waals surface area contributed by atoms with Gasteiger partial charge in [0.2, 0.25) is 11.8 Å². The number of hydrogen-bond acceptors (Lipinski definition) is 5. The minimum absolute atomic E-state index is 0.0292. The summed E-state index contributed by atoms with van der Waals surface area (Å²) in [5.74, 6) is 2.13. The molecule has 1 N–H and O–H groups in total. The highest BCUT2D eigenvalue weighted by molar-refractivity contribution is 5.90. The standard InChI is InChI=1S/C27H36N6O2/c1-19(2)16-23(28-25(34)18-31(3)4)27-30-29-24-12-13-32(14-15-33(24)27)26(35)17-21-10-7-9-20-8-5-6-11-22(20)21/h5-11,19,23H,12-18H2,1-4H3,(H,28,34)/t23-/m1/s1. The summed E-state index contributed by atoms with van der Waals surface area (Å²) in [6, 6.07) is 14.1. The summed E-state index contributed by atoms with van der Waals surface area (Å²) in [5.41, 5.74) is 1.05. The lowest BCUT2D eigenvalue weighted by Crippen LogP contribution is -2.38. The highest BCUT2D eigenvalue weighted by Gasteiger charge is 2.27. The number of hydrogen-bond donors (Lipinski definition) is 1. The van der Waals surface area contributed by atoms with Crippen molar-refractivity contribution in [2.75, 3.05) is 33.7 Å². The maximum Gasteiger partial charge on any atom is 0.234 e. The molecule has 0 saturated carbocycles. The molecule has 0 radical (unpaired) electrons. The van der Waals surface area contributed by atoms with Crippen LogP contribution in [0.1, 0.15) is 43.5 Å². The third-order valence-electron chi connectivity index (χ3n) is 6.44. The second kappa shape index (κ2) is 11.0. The molecule has 0 saturated heterocycles. The first-order valence-corrected chi connectivity index (χ1v) is 12.4. The summed E-state index contributed by atoms with van der Waals surface area (Å²) in [5, 5.41) is 14.4. The van der Waals surface area contributed by atoms with E-state index in [1.54, 1.807) is 0 Å². The van der Waals surface area contributed by atoms with Gasteiger partial charge in [-0.05, 0) is 42.8 Å². The zero-order chi connectivity index (χ0) is 24.9. The van der Waals surface area contributed by atoms with Crippen LogP contribution in [0.25, 0.3) is 10.8 Å². The van der Waals surface area contributed by atoms with E-state index in [2.05, 4.69) is 52.1 Å². The molecule has 2 amide bonds. The van der Waals surface area contributed by atoms with Crippen LogP contribution in [0.15, 0.2) is 42.5 Å². The van der Waals surface area contributed by atoms with Crippen LogP contribution in [0.2, 0.25) is 0 Å². The highest BCUT2D eigenvalue weighted by atomic mass is 16.2. The van der Waals surface area contributed by atoms with E-state index in [0.29, 0.717) is 44.9 Å². The summed E-state index contributed by atoms with van der Waals surface area (Å²) in [7, 11) is 3.76. The van der Waals surface area contributed by atoms with Crippen LogP contribution in [0.5, 0.6) is 0 Å². The van der Waals surface area contributed by atoms with Gasteiger partial charge in [-0.3, -0.25) is 9.59 Å². The van der Waals surface area contributed by atoms with Crippen molar-refractivity contribution in [3.8, 4) is 0 Å². The minimum Gasteiger partial charge on any atom is -0.345 e. The Labute approximate surface area is 207 Å².